The molecule has 1 aromatic carbocycles. The lowest BCUT2D eigenvalue weighted by molar-refractivity contribution is 0.0927. The molecule has 4 nitrogen and oxygen atoms in total. The van der Waals surface area contributed by atoms with E-state index in [4.69, 9.17) is 5.73 Å². The molecule has 4 heteroatoms. The Morgan fingerprint density at radius 1 is 1.12 bits per heavy atom. The first-order valence-corrected chi connectivity index (χ1v) is 5.18. The molecule has 0 aliphatic heterocycles. The Morgan fingerprint density at radius 3 is 2.35 bits per heavy atom. The molecule has 0 fully saturated rings. The van der Waals surface area contributed by atoms with Crippen molar-refractivity contribution in [3.8, 4) is 0 Å². The lowest BCUT2D eigenvalue weighted by atomic mass is 10.2. The summed E-state index contributed by atoms with van der Waals surface area (Å²) in [5.74, 6) is -0.376. The first-order chi connectivity index (χ1) is 8.09. The van der Waals surface area contributed by atoms with Crippen molar-refractivity contribution < 1.29 is 9.59 Å². The molecule has 0 aliphatic carbocycles. The van der Waals surface area contributed by atoms with Crippen molar-refractivity contribution >= 4 is 17.4 Å². The third-order valence-corrected chi connectivity index (χ3v) is 2.49. The minimum Gasteiger partial charge on any atom is -0.399 e. The summed E-state index contributed by atoms with van der Waals surface area (Å²) in [5, 5.41) is 0. The molecule has 86 valence electrons. The van der Waals surface area contributed by atoms with Gasteiger partial charge in [0.2, 0.25) is 0 Å². The Kier molecular flexibility index (Phi) is 2.78. The molecule has 0 saturated heterocycles. The van der Waals surface area contributed by atoms with Gasteiger partial charge in [0.15, 0.2) is 5.78 Å². The maximum Gasteiger partial charge on any atom is 0.262 e. The van der Waals surface area contributed by atoms with Crippen LogP contribution in [0.25, 0.3) is 0 Å². The van der Waals surface area contributed by atoms with Gasteiger partial charge in [0.1, 0.15) is 0 Å². The van der Waals surface area contributed by atoms with E-state index in [1.165, 1.54) is 11.5 Å². The van der Waals surface area contributed by atoms with Crippen LogP contribution in [-0.4, -0.2) is 16.3 Å². The molecule has 17 heavy (non-hydrogen) atoms. The summed E-state index contributed by atoms with van der Waals surface area (Å²) in [4.78, 5) is 23.4. The van der Waals surface area contributed by atoms with E-state index in [2.05, 4.69) is 0 Å². The Bertz CT molecular complexity index is 567. The highest BCUT2D eigenvalue weighted by atomic mass is 16.2. The van der Waals surface area contributed by atoms with Gasteiger partial charge in [-0.2, -0.15) is 0 Å². The first kappa shape index (κ1) is 11.1. The molecule has 1 aromatic heterocycles. The van der Waals surface area contributed by atoms with Crippen molar-refractivity contribution in [2.45, 2.75) is 6.92 Å². The van der Waals surface area contributed by atoms with E-state index >= 15 is 0 Å². The topological polar surface area (TPSA) is 65.1 Å². The van der Waals surface area contributed by atoms with E-state index in [0.29, 0.717) is 16.9 Å². The number of benzene rings is 1. The second-order valence-corrected chi connectivity index (χ2v) is 3.75. The second kappa shape index (κ2) is 4.25. The van der Waals surface area contributed by atoms with Gasteiger partial charge >= 0.3 is 0 Å². The van der Waals surface area contributed by atoms with Crippen LogP contribution in [0.15, 0.2) is 42.6 Å². The zero-order chi connectivity index (χ0) is 12.4. The van der Waals surface area contributed by atoms with Crippen molar-refractivity contribution in [2.24, 2.45) is 0 Å². The largest absolute Gasteiger partial charge is 0.399 e. The van der Waals surface area contributed by atoms with Crippen LogP contribution in [0.2, 0.25) is 0 Å². The van der Waals surface area contributed by atoms with Gasteiger partial charge in [-0.05, 0) is 36.4 Å². The van der Waals surface area contributed by atoms with Gasteiger partial charge in [0, 0.05) is 24.4 Å². The summed E-state index contributed by atoms with van der Waals surface area (Å²) < 4.78 is 1.34. The zero-order valence-corrected chi connectivity index (χ0v) is 9.38. The summed E-state index contributed by atoms with van der Waals surface area (Å²) in [6.07, 6.45) is 1.58. The van der Waals surface area contributed by atoms with E-state index in [9.17, 15) is 9.59 Å². The third-order valence-electron chi connectivity index (χ3n) is 2.49. The number of hydrogen-bond acceptors (Lipinski definition) is 3. The van der Waals surface area contributed by atoms with Crippen LogP contribution in [0.3, 0.4) is 0 Å². The molecule has 0 radical (unpaired) electrons. The quantitative estimate of drug-likeness (QED) is 0.631. The Balaban J connectivity index is 2.40. The van der Waals surface area contributed by atoms with E-state index in [1.807, 2.05) is 0 Å². The molecule has 0 unspecified atom stereocenters. The van der Waals surface area contributed by atoms with Crippen LogP contribution in [0.5, 0.6) is 0 Å². The van der Waals surface area contributed by atoms with Crippen molar-refractivity contribution in [1.82, 2.24) is 4.57 Å². The lowest BCUT2D eigenvalue weighted by Gasteiger charge is -2.05. The summed E-state index contributed by atoms with van der Waals surface area (Å²) in [6.45, 7) is 1.43. The van der Waals surface area contributed by atoms with Gasteiger partial charge in [-0.15, -0.1) is 0 Å². The van der Waals surface area contributed by atoms with Crippen molar-refractivity contribution in [2.75, 3.05) is 5.73 Å². The minimum atomic E-state index is -0.236. The SMILES string of the molecule is CC(=O)c1cccn1C(=O)c1ccc(N)cc1. The smallest absolute Gasteiger partial charge is 0.262 e. The highest BCUT2D eigenvalue weighted by Crippen LogP contribution is 2.11. The zero-order valence-electron chi connectivity index (χ0n) is 9.38. The number of anilines is 1. The predicted octanol–water partition coefficient (Wildman–Crippen LogP) is 1.96. The molecule has 0 saturated carbocycles. The molecule has 0 amide bonds. The Morgan fingerprint density at radius 2 is 1.76 bits per heavy atom. The highest BCUT2D eigenvalue weighted by molar-refractivity contribution is 6.02. The fraction of sp³-hybridized carbons (Fsp3) is 0.0769. The predicted molar refractivity (Wildman–Crippen MR) is 65.0 cm³/mol. The normalized spacial score (nSPS) is 10.2. The van der Waals surface area contributed by atoms with Crippen molar-refractivity contribution in [3.05, 3.63) is 53.9 Å². The number of hydrogen-bond donors (Lipinski definition) is 1. The van der Waals surface area contributed by atoms with Crippen molar-refractivity contribution in [1.29, 1.82) is 0 Å². The van der Waals surface area contributed by atoms with E-state index in [-0.39, 0.29) is 11.7 Å². The Labute approximate surface area is 98.7 Å². The first-order valence-electron chi connectivity index (χ1n) is 5.18. The van der Waals surface area contributed by atoms with Crippen LogP contribution in [0.1, 0.15) is 27.8 Å². The van der Waals surface area contributed by atoms with Gasteiger partial charge in [0.05, 0.1) is 5.69 Å². The molecule has 1 heterocycles. The van der Waals surface area contributed by atoms with Gasteiger partial charge in [-0.3, -0.25) is 14.2 Å². The number of carbonyl (C=O) groups excluding carboxylic acids is 2. The molecule has 2 N–H and O–H groups in total. The second-order valence-electron chi connectivity index (χ2n) is 3.75. The monoisotopic (exact) mass is 228 g/mol. The average molecular weight is 228 g/mol. The maximum absolute atomic E-state index is 12.1. The average Bonchev–Trinajstić information content (AvgIpc) is 2.78. The molecule has 0 aliphatic rings. The number of ketones is 1. The molecular weight excluding hydrogens is 216 g/mol. The van der Waals surface area contributed by atoms with E-state index in [1.54, 1.807) is 42.6 Å². The highest BCUT2D eigenvalue weighted by Gasteiger charge is 2.13. The van der Waals surface area contributed by atoms with E-state index < -0.39 is 0 Å². The molecule has 2 rings (SSSR count). The van der Waals surface area contributed by atoms with Crippen LogP contribution < -0.4 is 5.73 Å². The summed E-state index contributed by atoms with van der Waals surface area (Å²) in [5.41, 5.74) is 7.03. The van der Waals surface area contributed by atoms with Crippen LogP contribution >= 0.6 is 0 Å². The molecule has 0 spiro atoms. The molecule has 0 bridgehead atoms. The number of rotatable bonds is 2. The number of nitrogens with zero attached hydrogens (tertiary/aromatic N) is 1. The summed E-state index contributed by atoms with van der Waals surface area (Å²) >= 11 is 0. The number of aromatic nitrogens is 1. The van der Waals surface area contributed by atoms with Gasteiger partial charge in [-0.25, -0.2) is 0 Å². The minimum absolute atomic E-state index is 0.140. The molecular formula is C13H12N2O2. The number of nitrogens with two attached hydrogens (primary N) is 1. The number of carbonyl (C=O) groups is 2. The Hall–Kier alpha value is -2.36. The van der Waals surface area contributed by atoms with E-state index in [0.717, 1.165) is 0 Å². The van der Waals surface area contributed by atoms with Gasteiger partial charge in [0.25, 0.3) is 5.91 Å². The standard InChI is InChI=1S/C13H12N2O2/c1-9(16)12-3-2-8-15(12)13(17)10-4-6-11(14)7-5-10/h2-8H,14H2,1H3. The number of Topliss-reactive ketones (excluding diaryl/α,β-unsaturated/α-hetero) is 1. The molecule has 2 aromatic rings. The maximum atomic E-state index is 12.1. The van der Waals surface area contributed by atoms with Crippen LogP contribution in [0, 0.1) is 0 Å². The third kappa shape index (κ3) is 2.10. The summed E-state index contributed by atoms with van der Waals surface area (Å²) in [7, 11) is 0. The fourth-order valence-electron chi connectivity index (χ4n) is 1.61. The van der Waals surface area contributed by atoms with Crippen molar-refractivity contribution in [3.63, 3.8) is 0 Å². The fourth-order valence-corrected chi connectivity index (χ4v) is 1.61. The van der Waals surface area contributed by atoms with Gasteiger partial charge < -0.3 is 5.73 Å². The molecule has 0 atom stereocenters. The summed E-state index contributed by atoms with van der Waals surface area (Å²) in [6, 6.07) is 9.89. The lowest BCUT2D eigenvalue weighted by Crippen LogP contribution is -2.15. The van der Waals surface area contributed by atoms with Gasteiger partial charge in [-0.1, -0.05) is 0 Å². The number of nitrogen functional groups attached to an aromatic ring is 1. The van der Waals surface area contributed by atoms with Crippen LogP contribution in [0.4, 0.5) is 5.69 Å². The van der Waals surface area contributed by atoms with Crippen LogP contribution in [-0.2, 0) is 0 Å².